The summed E-state index contributed by atoms with van der Waals surface area (Å²) < 4.78 is 6.64. The molecule has 1 aliphatic rings. The number of rotatable bonds is 4. The average molecular weight is 742 g/mol. The van der Waals surface area contributed by atoms with Gasteiger partial charge in [-0.05, 0) is 90.6 Å². The predicted molar refractivity (Wildman–Crippen MR) is 239 cm³/mol. The summed E-state index contributed by atoms with van der Waals surface area (Å²) in [6.07, 6.45) is 0. The standard InChI is InChI=1S/C54H35N3O/c1-54(2)46-21-10-8-19-39(46)40-25-23-36(31-47(40)54)53-56-51(34-16-12-15-33(29-34)32-13-4-3-5-14-32)55-52(57-53)35-24-26-43-45(30-35)38-18-7-6-17-37(38)42-27-28-44-41-20-9-11-22-48(41)58-50(44)49(42)43/h3-31H,1-2H3. The predicted octanol–water partition coefficient (Wildman–Crippen LogP) is 14.2. The number of hydrogen-bond donors (Lipinski definition) is 0. The molecule has 4 nitrogen and oxygen atoms in total. The summed E-state index contributed by atoms with van der Waals surface area (Å²) in [5.41, 5.74) is 11.9. The van der Waals surface area contributed by atoms with Crippen LogP contribution < -0.4 is 0 Å². The van der Waals surface area contributed by atoms with Crippen LogP contribution in [0.3, 0.4) is 0 Å². The Hall–Kier alpha value is -7.43. The maximum absolute atomic E-state index is 6.64. The van der Waals surface area contributed by atoms with Crippen LogP contribution in [0.5, 0.6) is 0 Å². The van der Waals surface area contributed by atoms with Crippen molar-refractivity contribution in [1.29, 1.82) is 0 Å². The largest absolute Gasteiger partial charge is 0.455 e. The van der Waals surface area contributed by atoms with Gasteiger partial charge in [0.1, 0.15) is 11.2 Å². The lowest BCUT2D eigenvalue weighted by molar-refractivity contribution is 0.660. The van der Waals surface area contributed by atoms with Crippen LogP contribution in [0.2, 0.25) is 0 Å². The molecule has 12 rings (SSSR count). The second-order valence-electron chi connectivity index (χ2n) is 16.0. The van der Waals surface area contributed by atoms with Crippen LogP contribution >= 0.6 is 0 Å². The zero-order chi connectivity index (χ0) is 38.5. The molecule has 1 aliphatic carbocycles. The van der Waals surface area contributed by atoms with Crippen LogP contribution in [0, 0.1) is 0 Å². The van der Waals surface area contributed by atoms with Gasteiger partial charge in [-0.2, -0.15) is 0 Å². The van der Waals surface area contributed by atoms with Gasteiger partial charge in [-0.15, -0.1) is 0 Å². The summed E-state index contributed by atoms with van der Waals surface area (Å²) in [5.74, 6) is 1.90. The fraction of sp³-hybridized carbons (Fsp3) is 0.0556. The smallest absolute Gasteiger partial charge is 0.164 e. The zero-order valence-electron chi connectivity index (χ0n) is 32.0. The van der Waals surface area contributed by atoms with Gasteiger partial charge in [0.05, 0.1) is 0 Å². The second-order valence-corrected chi connectivity index (χ2v) is 16.0. The van der Waals surface area contributed by atoms with Crippen molar-refractivity contribution in [3.05, 3.63) is 187 Å². The molecule has 0 amide bonds. The van der Waals surface area contributed by atoms with Crippen molar-refractivity contribution >= 4 is 54.3 Å². The summed E-state index contributed by atoms with van der Waals surface area (Å²) in [4.78, 5) is 15.8. The van der Waals surface area contributed by atoms with Crippen LogP contribution in [0.25, 0.3) is 111 Å². The molecule has 0 fully saturated rings. The topological polar surface area (TPSA) is 51.8 Å². The van der Waals surface area contributed by atoms with Crippen LogP contribution in [0.15, 0.2) is 180 Å². The molecule has 0 aliphatic heterocycles. The lowest BCUT2D eigenvalue weighted by Gasteiger charge is -2.21. The minimum atomic E-state index is -0.155. The van der Waals surface area contributed by atoms with Gasteiger partial charge in [0.15, 0.2) is 17.5 Å². The summed E-state index contributed by atoms with van der Waals surface area (Å²) in [6.45, 7) is 4.62. The Kier molecular flexibility index (Phi) is 6.94. The van der Waals surface area contributed by atoms with E-state index in [1.165, 1.54) is 38.4 Å². The number of nitrogens with zero attached hydrogens (tertiary/aromatic N) is 3. The molecule has 0 spiro atoms. The van der Waals surface area contributed by atoms with E-state index in [-0.39, 0.29) is 5.41 Å². The Morgan fingerprint density at radius 3 is 1.72 bits per heavy atom. The van der Waals surface area contributed by atoms with Gasteiger partial charge in [-0.25, -0.2) is 15.0 Å². The van der Waals surface area contributed by atoms with Crippen molar-refractivity contribution in [2.75, 3.05) is 0 Å². The third-order valence-corrected chi connectivity index (χ3v) is 12.3. The van der Waals surface area contributed by atoms with E-state index in [0.717, 1.165) is 65.9 Å². The molecule has 0 unspecified atom stereocenters. The Morgan fingerprint density at radius 1 is 0.362 bits per heavy atom. The third kappa shape index (κ3) is 4.85. The highest BCUT2D eigenvalue weighted by Gasteiger charge is 2.35. The molecule has 0 saturated heterocycles. The van der Waals surface area contributed by atoms with Crippen molar-refractivity contribution in [3.8, 4) is 56.4 Å². The summed E-state index contributed by atoms with van der Waals surface area (Å²) >= 11 is 0. The number of para-hydroxylation sites is 1. The lowest BCUT2D eigenvalue weighted by atomic mass is 9.82. The Morgan fingerprint density at radius 2 is 0.914 bits per heavy atom. The number of hydrogen-bond acceptors (Lipinski definition) is 4. The minimum absolute atomic E-state index is 0.155. The van der Waals surface area contributed by atoms with Gasteiger partial charge in [0.25, 0.3) is 0 Å². The molecule has 0 bridgehead atoms. The van der Waals surface area contributed by atoms with Crippen molar-refractivity contribution in [3.63, 3.8) is 0 Å². The van der Waals surface area contributed by atoms with Gasteiger partial charge >= 0.3 is 0 Å². The maximum atomic E-state index is 6.64. The monoisotopic (exact) mass is 741 g/mol. The molecule has 2 heterocycles. The molecule has 2 aromatic heterocycles. The Bertz CT molecular complexity index is 3490. The number of fused-ring (bicyclic) bond motifs is 13. The van der Waals surface area contributed by atoms with E-state index >= 15 is 0 Å². The summed E-state index contributed by atoms with van der Waals surface area (Å²) in [7, 11) is 0. The van der Waals surface area contributed by atoms with Gasteiger partial charge in [0.2, 0.25) is 0 Å². The van der Waals surface area contributed by atoms with E-state index in [0.29, 0.717) is 17.5 Å². The second kappa shape index (κ2) is 12.3. The van der Waals surface area contributed by atoms with E-state index in [9.17, 15) is 0 Å². The zero-order valence-corrected chi connectivity index (χ0v) is 32.0. The fourth-order valence-corrected chi connectivity index (χ4v) is 9.43. The quantitative estimate of drug-likeness (QED) is 0.169. The highest BCUT2D eigenvalue weighted by Crippen LogP contribution is 2.49. The average Bonchev–Trinajstić information content (AvgIpc) is 3.78. The molecule has 0 radical (unpaired) electrons. The Labute approximate surface area is 335 Å². The first kappa shape index (κ1) is 32.8. The molecule has 0 atom stereocenters. The summed E-state index contributed by atoms with van der Waals surface area (Å²) in [6, 6.07) is 62.4. The molecular weight excluding hydrogens is 707 g/mol. The van der Waals surface area contributed by atoms with E-state index < -0.39 is 0 Å². The van der Waals surface area contributed by atoms with Gasteiger partial charge in [-0.1, -0.05) is 159 Å². The molecule has 0 saturated carbocycles. The molecule has 58 heavy (non-hydrogen) atoms. The maximum Gasteiger partial charge on any atom is 0.164 e. The fourth-order valence-electron chi connectivity index (χ4n) is 9.43. The molecule has 9 aromatic carbocycles. The highest BCUT2D eigenvalue weighted by atomic mass is 16.3. The van der Waals surface area contributed by atoms with Crippen LogP contribution in [-0.2, 0) is 5.41 Å². The van der Waals surface area contributed by atoms with E-state index in [1.807, 2.05) is 12.1 Å². The minimum Gasteiger partial charge on any atom is -0.455 e. The SMILES string of the molecule is CC1(C)c2ccccc2-c2ccc(-c3nc(-c4cccc(-c5ccccc5)c4)nc(-c4ccc5c(c4)c4ccccc4c4ccc6c7ccccc7oc6c45)n3)cc21. The lowest BCUT2D eigenvalue weighted by Crippen LogP contribution is -2.15. The molecule has 272 valence electrons. The van der Waals surface area contributed by atoms with Gasteiger partial charge in [-0.3, -0.25) is 0 Å². The number of aromatic nitrogens is 3. The normalized spacial score (nSPS) is 13.1. The van der Waals surface area contributed by atoms with Gasteiger partial charge < -0.3 is 4.42 Å². The molecule has 4 heteroatoms. The first-order chi connectivity index (χ1) is 28.5. The van der Waals surface area contributed by atoms with Crippen LogP contribution in [-0.4, -0.2) is 15.0 Å². The van der Waals surface area contributed by atoms with Crippen molar-refractivity contribution in [2.24, 2.45) is 0 Å². The van der Waals surface area contributed by atoms with E-state index in [2.05, 4.69) is 178 Å². The Balaban J connectivity index is 1.09. The van der Waals surface area contributed by atoms with E-state index in [4.69, 9.17) is 19.4 Å². The summed E-state index contributed by atoms with van der Waals surface area (Å²) in [5, 5.41) is 9.14. The van der Waals surface area contributed by atoms with Gasteiger partial charge in [0, 0.05) is 38.3 Å². The van der Waals surface area contributed by atoms with Crippen molar-refractivity contribution in [1.82, 2.24) is 15.0 Å². The molecular formula is C54H35N3O. The molecule has 0 N–H and O–H groups in total. The van der Waals surface area contributed by atoms with E-state index in [1.54, 1.807) is 0 Å². The van der Waals surface area contributed by atoms with Crippen molar-refractivity contribution in [2.45, 2.75) is 19.3 Å². The van der Waals surface area contributed by atoms with Crippen LogP contribution in [0.1, 0.15) is 25.0 Å². The highest BCUT2D eigenvalue weighted by molar-refractivity contribution is 6.32. The number of benzene rings is 9. The number of furan rings is 1. The molecule has 11 aromatic rings. The van der Waals surface area contributed by atoms with Crippen LogP contribution in [0.4, 0.5) is 0 Å². The third-order valence-electron chi connectivity index (χ3n) is 12.3. The first-order valence-electron chi connectivity index (χ1n) is 19.9. The van der Waals surface area contributed by atoms with Crippen molar-refractivity contribution < 1.29 is 4.42 Å². The first-order valence-corrected chi connectivity index (χ1v) is 19.9.